The lowest BCUT2D eigenvalue weighted by Gasteiger charge is -2.26. The maximum Gasteiger partial charge on any atom is 0.191 e. The molecule has 0 nitrogen and oxygen atoms in total. The summed E-state index contributed by atoms with van der Waals surface area (Å²) in [5.74, 6) is 0. The van der Waals surface area contributed by atoms with Crippen LogP contribution in [0.25, 0.3) is 0 Å². The van der Waals surface area contributed by atoms with Crippen molar-refractivity contribution in [3.63, 3.8) is 0 Å². The molecule has 0 rings (SSSR count). The molecule has 0 aromatic rings. The topological polar surface area (TPSA) is 0 Å². The van der Waals surface area contributed by atoms with Crippen LogP contribution in [0.15, 0.2) is 0 Å². The number of rotatable bonds is 2. The average Bonchev–Trinajstić information content (AvgIpc) is 1.60. The summed E-state index contributed by atoms with van der Waals surface area (Å²) in [4.78, 5) is 0. The molecule has 0 bridgehead atoms. The Morgan fingerprint density at radius 2 is 1.50 bits per heavy atom. The second kappa shape index (κ2) is 3.51. The quantitative estimate of drug-likeness (QED) is 0.591. The van der Waals surface area contributed by atoms with E-state index >= 15 is 0 Å². The Kier molecular flexibility index (Phi) is 3.82. The fourth-order valence-corrected chi connectivity index (χ4v) is 1.75. The van der Waals surface area contributed by atoms with Crippen LogP contribution in [-0.4, -0.2) is 3.79 Å². The zero-order chi connectivity index (χ0) is 8.41. The van der Waals surface area contributed by atoms with Crippen molar-refractivity contribution in [1.82, 2.24) is 0 Å². The van der Waals surface area contributed by atoms with E-state index in [2.05, 4.69) is 20.8 Å². The molecule has 0 fully saturated rings. The number of alkyl halides is 3. The van der Waals surface area contributed by atoms with Crippen molar-refractivity contribution in [2.45, 2.75) is 37.4 Å². The van der Waals surface area contributed by atoms with E-state index in [0.29, 0.717) is 6.42 Å². The molecule has 0 aliphatic heterocycles. The maximum absolute atomic E-state index is 5.63. The molecule has 0 amide bonds. The van der Waals surface area contributed by atoms with E-state index in [1.165, 1.54) is 0 Å². The lowest BCUT2D eigenvalue weighted by molar-refractivity contribution is 0.326. The van der Waals surface area contributed by atoms with Crippen molar-refractivity contribution in [1.29, 1.82) is 0 Å². The molecule has 0 saturated heterocycles. The molecule has 0 unspecified atom stereocenters. The molecule has 0 aliphatic carbocycles. The number of hydrogen-bond donors (Lipinski definition) is 0. The van der Waals surface area contributed by atoms with Gasteiger partial charge in [-0.3, -0.25) is 0 Å². The predicted molar refractivity (Wildman–Crippen MR) is 49.0 cm³/mol. The third-order valence-electron chi connectivity index (χ3n) is 1.64. The van der Waals surface area contributed by atoms with Gasteiger partial charge in [0, 0.05) is 0 Å². The average molecular weight is 204 g/mol. The molecule has 0 aromatic carbocycles. The van der Waals surface area contributed by atoms with E-state index in [1.54, 1.807) is 0 Å². The molecule has 10 heavy (non-hydrogen) atoms. The smallest absolute Gasteiger partial charge is 0.0837 e. The Labute approximate surface area is 77.8 Å². The van der Waals surface area contributed by atoms with Crippen LogP contribution in [0.2, 0.25) is 0 Å². The molecule has 62 valence electrons. The third-order valence-corrected chi connectivity index (χ3v) is 2.04. The Morgan fingerprint density at radius 3 is 1.60 bits per heavy atom. The summed E-state index contributed by atoms with van der Waals surface area (Å²) in [6.07, 6.45) is 1.64. The molecule has 0 radical (unpaired) electrons. The standard InChI is InChI=1S/C7H13Cl3/c1-4-6(2,3)5-7(8,9)10/h4-5H2,1-3H3. The Morgan fingerprint density at radius 1 is 1.10 bits per heavy atom. The number of hydrogen-bond acceptors (Lipinski definition) is 0. The molecule has 0 aliphatic rings. The zero-order valence-corrected chi connectivity index (χ0v) is 8.82. The molecule has 0 N–H and O–H groups in total. The van der Waals surface area contributed by atoms with Crippen molar-refractivity contribution < 1.29 is 0 Å². The molecular formula is C7H13Cl3. The summed E-state index contributed by atoms with van der Waals surface area (Å²) in [6, 6.07) is 0. The molecule has 3 heteroatoms. The third kappa shape index (κ3) is 5.64. The van der Waals surface area contributed by atoms with Crippen LogP contribution in [0.1, 0.15) is 33.6 Å². The first-order valence-corrected chi connectivity index (χ1v) is 4.47. The van der Waals surface area contributed by atoms with Crippen LogP contribution in [0.4, 0.5) is 0 Å². The van der Waals surface area contributed by atoms with Gasteiger partial charge in [0.2, 0.25) is 0 Å². The first-order valence-electron chi connectivity index (χ1n) is 3.33. The van der Waals surface area contributed by atoms with Gasteiger partial charge in [0.25, 0.3) is 0 Å². The minimum Gasteiger partial charge on any atom is -0.0837 e. The first-order chi connectivity index (χ1) is 4.27. The summed E-state index contributed by atoms with van der Waals surface area (Å²) in [5.41, 5.74) is 0.130. The molecule has 0 saturated carbocycles. The van der Waals surface area contributed by atoms with Gasteiger partial charge in [-0.05, 0) is 11.8 Å². The lowest BCUT2D eigenvalue weighted by atomic mass is 9.87. The summed E-state index contributed by atoms with van der Waals surface area (Å²) < 4.78 is -1.10. The van der Waals surface area contributed by atoms with Gasteiger partial charge >= 0.3 is 0 Å². The van der Waals surface area contributed by atoms with Gasteiger partial charge in [-0.1, -0.05) is 62.0 Å². The van der Waals surface area contributed by atoms with Gasteiger partial charge in [0.05, 0.1) is 0 Å². The van der Waals surface area contributed by atoms with E-state index in [9.17, 15) is 0 Å². The van der Waals surface area contributed by atoms with E-state index < -0.39 is 3.79 Å². The SMILES string of the molecule is CCC(C)(C)CC(Cl)(Cl)Cl. The van der Waals surface area contributed by atoms with Gasteiger partial charge < -0.3 is 0 Å². The molecule has 0 heterocycles. The van der Waals surface area contributed by atoms with E-state index in [0.717, 1.165) is 6.42 Å². The van der Waals surface area contributed by atoms with Crippen molar-refractivity contribution in [3.05, 3.63) is 0 Å². The van der Waals surface area contributed by atoms with Crippen LogP contribution in [-0.2, 0) is 0 Å². The van der Waals surface area contributed by atoms with E-state index in [4.69, 9.17) is 34.8 Å². The summed E-state index contributed by atoms with van der Waals surface area (Å²) in [5, 5.41) is 0. The number of halogens is 3. The van der Waals surface area contributed by atoms with Crippen LogP contribution in [0.3, 0.4) is 0 Å². The van der Waals surface area contributed by atoms with Crippen LogP contribution < -0.4 is 0 Å². The van der Waals surface area contributed by atoms with Gasteiger partial charge in [0.1, 0.15) is 0 Å². The van der Waals surface area contributed by atoms with Crippen molar-refractivity contribution in [2.75, 3.05) is 0 Å². The fourth-order valence-electron chi connectivity index (χ4n) is 0.668. The lowest BCUT2D eigenvalue weighted by Crippen LogP contribution is -2.18. The van der Waals surface area contributed by atoms with Crippen molar-refractivity contribution in [2.24, 2.45) is 5.41 Å². The second-order valence-electron chi connectivity index (χ2n) is 3.31. The predicted octanol–water partition coefficient (Wildman–Crippen LogP) is 4.18. The second-order valence-corrected chi connectivity index (χ2v) is 5.83. The van der Waals surface area contributed by atoms with Crippen LogP contribution in [0.5, 0.6) is 0 Å². The minimum absolute atomic E-state index is 0.130. The first kappa shape index (κ1) is 10.9. The van der Waals surface area contributed by atoms with Crippen molar-refractivity contribution in [3.8, 4) is 0 Å². The van der Waals surface area contributed by atoms with Crippen LogP contribution >= 0.6 is 34.8 Å². The molecule has 0 atom stereocenters. The maximum atomic E-state index is 5.63. The Hall–Kier alpha value is 0.870. The monoisotopic (exact) mass is 202 g/mol. The Bertz CT molecular complexity index is 102. The Balaban J connectivity index is 3.89. The van der Waals surface area contributed by atoms with Gasteiger partial charge in [-0.2, -0.15) is 0 Å². The zero-order valence-electron chi connectivity index (χ0n) is 6.55. The minimum atomic E-state index is -1.10. The van der Waals surface area contributed by atoms with Gasteiger partial charge in [0.15, 0.2) is 3.79 Å². The molecule has 0 aromatic heterocycles. The van der Waals surface area contributed by atoms with Gasteiger partial charge in [-0.25, -0.2) is 0 Å². The van der Waals surface area contributed by atoms with E-state index in [-0.39, 0.29) is 5.41 Å². The largest absolute Gasteiger partial charge is 0.191 e. The van der Waals surface area contributed by atoms with Crippen molar-refractivity contribution >= 4 is 34.8 Å². The highest BCUT2D eigenvalue weighted by Crippen LogP contribution is 2.40. The van der Waals surface area contributed by atoms with Gasteiger partial charge in [-0.15, -0.1) is 0 Å². The van der Waals surface area contributed by atoms with E-state index in [1.807, 2.05) is 0 Å². The summed E-state index contributed by atoms with van der Waals surface area (Å²) >= 11 is 16.9. The molecule has 0 spiro atoms. The fraction of sp³-hybridized carbons (Fsp3) is 1.00. The summed E-state index contributed by atoms with van der Waals surface area (Å²) in [6.45, 7) is 6.28. The highest BCUT2D eigenvalue weighted by Gasteiger charge is 2.29. The molecular weight excluding hydrogens is 190 g/mol. The normalized spacial score (nSPS) is 13.8. The highest BCUT2D eigenvalue weighted by molar-refractivity contribution is 6.67. The highest BCUT2D eigenvalue weighted by atomic mass is 35.6. The summed E-state index contributed by atoms with van der Waals surface area (Å²) in [7, 11) is 0. The van der Waals surface area contributed by atoms with Crippen LogP contribution in [0, 0.1) is 5.41 Å².